The molecule has 0 atom stereocenters. The molecule has 100 valence electrons. The van der Waals surface area contributed by atoms with E-state index in [0.717, 1.165) is 5.56 Å². The third kappa shape index (κ3) is 4.14. The second-order valence-electron chi connectivity index (χ2n) is 3.88. The van der Waals surface area contributed by atoms with Gasteiger partial charge in [-0.15, -0.1) is 0 Å². The molecule has 0 amide bonds. The van der Waals surface area contributed by atoms with Crippen molar-refractivity contribution in [3.63, 3.8) is 0 Å². The van der Waals surface area contributed by atoms with E-state index in [1.807, 2.05) is 6.92 Å². The number of aryl methyl sites for hydroxylation is 1. The van der Waals surface area contributed by atoms with E-state index in [9.17, 15) is 13.2 Å². The Morgan fingerprint density at radius 1 is 1.15 bits per heavy atom. The number of pyridine rings is 1. The van der Waals surface area contributed by atoms with Crippen molar-refractivity contribution in [3.8, 4) is 0 Å². The molecule has 5 nitrogen and oxygen atoms in total. The fourth-order valence-corrected chi connectivity index (χ4v) is 2.25. The Kier molecular flexibility index (Phi) is 5.88. The second kappa shape index (κ2) is 6.99. The number of carbonyl (C=O) groups is 1. The number of carbonyl (C=O) groups excluding carboxylic acids is 1. The summed E-state index contributed by atoms with van der Waals surface area (Å²) in [5.74, 6) is -0.950. The Balaban J connectivity index is 0.00000200. The van der Waals surface area contributed by atoms with Crippen molar-refractivity contribution in [2.24, 2.45) is 0 Å². The van der Waals surface area contributed by atoms with E-state index in [4.69, 9.17) is 0 Å². The first kappa shape index (κ1) is 16.8. The Hall–Kier alpha value is -1.21. The van der Waals surface area contributed by atoms with Gasteiger partial charge in [-0.3, -0.25) is 4.98 Å². The van der Waals surface area contributed by atoms with Crippen LogP contribution in [0.4, 0.5) is 0 Å². The monoisotopic (exact) mass is 301 g/mol. The minimum absolute atomic E-state index is 0. The van der Waals surface area contributed by atoms with Crippen molar-refractivity contribution >= 4 is 45.6 Å². The Morgan fingerprint density at radius 3 is 2.35 bits per heavy atom. The van der Waals surface area contributed by atoms with Crippen LogP contribution in [0.5, 0.6) is 0 Å². The summed E-state index contributed by atoms with van der Waals surface area (Å²) in [5, 5.41) is 0. The molecular weight excluding hydrogens is 289 g/mol. The van der Waals surface area contributed by atoms with Crippen LogP contribution in [0.1, 0.15) is 15.9 Å². The van der Waals surface area contributed by atoms with Gasteiger partial charge in [-0.25, -0.2) is 4.79 Å². The molecule has 7 heteroatoms. The summed E-state index contributed by atoms with van der Waals surface area (Å²) in [6.07, 6.45) is 2.72. The number of hydrogen-bond donors (Lipinski definition) is 0. The molecule has 20 heavy (non-hydrogen) atoms. The van der Waals surface area contributed by atoms with Crippen LogP contribution in [0, 0.1) is 6.92 Å². The predicted octanol–water partition coefficient (Wildman–Crippen LogP) is 1.29. The fourth-order valence-electron chi connectivity index (χ4n) is 1.38. The minimum atomic E-state index is -4.10. The molecule has 1 heterocycles. The second-order valence-corrected chi connectivity index (χ2v) is 5.43. The number of rotatable bonds is 3. The molecule has 0 aliphatic rings. The van der Waals surface area contributed by atoms with Crippen LogP contribution >= 0.6 is 0 Å². The summed E-state index contributed by atoms with van der Waals surface area (Å²) >= 11 is 0. The topological polar surface area (TPSA) is 73.3 Å². The molecule has 0 N–H and O–H groups in total. The van der Waals surface area contributed by atoms with Gasteiger partial charge >= 0.3 is 45.6 Å². The van der Waals surface area contributed by atoms with Crippen LogP contribution in [0.25, 0.3) is 0 Å². The van der Waals surface area contributed by atoms with Gasteiger partial charge in [0.05, 0.1) is 5.56 Å². The van der Waals surface area contributed by atoms with Crippen molar-refractivity contribution in [2.45, 2.75) is 11.8 Å². The van der Waals surface area contributed by atoms with Gasteiger partial charge < -0.3 is 4.18 Å². The van der Waals surface area contributed by atoms with Crippen LogP contribution in [-0.2, 0) is 14.3 Å². The number of nitrogens with zero attached hydrogens (tertiary/aromatic N) is 1. The average molecular weight is 301 g/mol. The maximum atomic E-state index is 11.9. The first-order valence-corrected chi connectivity index (χ1v) is 6.85. The van der Waals surface area contributed by atoms with Crippen molar-refractivity contribution in [1.82, 2.24) is 4.98 Å². The Morgan fingerprint density at radius 2 is 1.80 bits per heavy atom. The van der Waals surface area contributed by atoms with E-state index < -0.39 is 16.1 Å². The third-order valence-electron chi connectivity index (χ3n) is 2.39. The molecule has 0 radical (unpaired) electrons. The molecule has 1 aromatic carbocycles. The number of benzene rings is 1. The van der Waals surface area contributed by atoms with Crippen LogP contribution in [-0.4, -0.2) is 48.9 Å². The van der Waals surface area contributed by atoms with Gasteiger partial charge in [-0.05, 0) is 31.2 Å². The van der Waals surface area contributed by atoms with Gasteiger partial charge in [0.2, 0.25) is 0 Å². The van der Waals surface area contributed by atoms with Crippen molar-refractivity contribution in [2.75, 3.05) is 0 Å². The van der Waals surface area contributed by atoms with Gasteiger partial charge in [0.15, 0.2) is 0 Å². The first-order chi connectivity index (χ1) is 8.99. The van der Waals surface area contributed by atoms with Crippen LogP contribution in [0.15, 0.2) is 53.7 Å². The van der Waals surface area contributed by atoms with Gasteiger partial charge in [0.25, 0.3) is 0 Å². The molecule has 0 aliphatic carbocycles. The summed E-state index contributed by atoms with van der Waals surface area (Å²) < 4.78 is 28.3. The van der Waals surface area contributed by atoms with Crippen molar-refractivity contribution < 1.29 is 17.4 Å². The van der Waals surface area contributed by atoms with E-state index in [0.29, 0.717) is 0 Å². The normalized spacial score (nSPS) is 10.4. The van der Waals surface area contributed by atoms with Crippen LogP contribution in [0.2, 0.25) is 0 Å². The van der Waals surface area contributed by atoms with Crippen LogP contribution < -0.4 is 0 Å². The molecule has 1 aromatic heterocycles. The molecule has 0 spiro atoms. The molecule has 0 unspecified atom stereocenters. The maximum absolute atomic E-state index is 11.9. The first-order valence-electron chi connectivity index (χ1n) is 5.44. The van der Waals surface area contributed by atoms with E-state index in [1.54, 1.807) is 12.1 Å². The zero-order chi connectivity index (χ0) is 13.9. The van der Waals surface area contributed by atoms with Gasteiger partial charge in [-0.2, -0.15) is 8.42 Å². The zero-order valence-electron chi connectivity index (χ0n) is 10.1. The number of hydrogen-bond acceptors (Lipinski definition) is 5. The molecule has 0 aliphatic heterocycles. The number of aromatic nitrogens is 1. The van der Waals surface area contributed by atoms with E-state index in [-0.39, 0.29) is 40.0 Å². The van der Waals surface area contributed by atoms with Gasteiger partial charge in [-0.1, -0.05) is 17.7 Å². The van der Waals surface area contributed by atoms with E-state index >= 15 is 0 Å². The average Bonchev–Trinajstić information content (AvgIpc) is 2.40. The summed E-state index contributed by atoms with van der Waals surface area (Å²) in [6, 6.07) is 8.99. The molecule has 0 saturated carbocycles. The molecular formula is C13H12NNaO4S. The summed E-state index contributed by atoms with van der Waals surface area (Å²) in [6.45, 7) is 1.83. The van der Waals surface area contributed by atoms with Crippen LogP contribution in [0.3, 0.4) is 0 Å². The fraction of sp³-hybridized carbons (Fsp3) is 0.0769. The quantitative estimate of drug-likeness (QED) is 0.631. The summed E-state index contributed by atoms with van der Waals surface area (Å²) in [7, 11) is -4.10. The molecule has 2 rings (SSSR count). The zero-order valence-corrected chi connectivity index (χ0v) is 10.9. The molecule has 0 bridgehead atoms. The summed E-state index contributed by atoms with van der Waals surface area (Å²) in [4.78, 5) is 15.3. The Bertz CT molecular complexity index is 684. The van der Waals surface area contributed by atoms with E-state index in [2.05, 4.69) is 9.17 Å². The molecule has 0 fully saturated rings. The standard InChI is InChI=1S/C13H11NO4S.Na.H/c1-10-4-6-12(7-5-10)19(16,17)18-13(15)11-3-2-8-14-9-11;;/h2-9H,1H3;;. The SMILES string of the molecule is Cc1ccc(S(=O)(=O)OC(=O)c2cccnc2)cc1.[NaH]. The van der Waals surface area contributed by atoms with E-state index in [1.165, 1.54) is 36.7 Å². The molecule has 2 aromatic rings. The van der Waals surface area contributed by atoms with Gasteiger partial charge in [0, 0.05) is 12.4 Å². The molecule has 0 saturated heterocycles. The third-order valence-corrected chi connectivity index (χ3v) is 3.61. The summed E-state index contributed by atoms with van der Waals surface area (Å²) in [5.41, 5.74) is 0.996. The van der Waals surface area contributed by atoms with Crippen molar-refractivity contribution in [3.05, 3.63) is 59.9 Å². The van der Waals surface area contributed by atoms with Gasteiger partial charge in [0.1, 0.15) is 4.90 Å². The predicted molar refractivity (Wildman–Crippen MR) is 75.2 cm³/mol. The Labute approximate surface area is 139 Å². The van der Waals surface area contributed by atoms with Crippen molar-refractivity contribution in [1.29, 1.82) is 0 Å².